The average Bonchev–Trinajstić information content (AvgIpc) is 3.40. The minimum atomic E-state index is -2.54. The van der Waals surface area contributed by atoms with Gasteiger partial charge in [0, 0.05) is 0 Å². The van der Waals surface area contributed by atoms with E-state index in [4.69, 9.17) is 0 Å². The molecular formula is C33H28Zr. The first-order chi connectivity index (χ1) is 16.7. The van der Waals surface area contributed by atoms with Crippen LogP contribution in [0.15, 0.2) is 130 Å². The summed E-state index contributed by atoms with van der Waals surface area (Å²) in [5.74, 6) is 0. The first kappa shape index (κ1) is 21.6. The van der Waals surface area contributed by atoms with Crippen LogP contribution in [0.1, 0.15) is 46.1 Å². The molecule has 0 aliphatic heterocycles. The SMILES string of the molecule is CC1=C(C)C[C]([Zr](=[C](c2ccccc2)c2ccccc2)[CH]2c3ccccc3-c3ccccc32)=C1. The molecule has 0 radical (unpaired) electrons. The Labute approximate surface area is 210 Å². The van der Waals surface area contributed by atoms with Crippen LogP contribution in [0.4, 0.5) is 0 Å². The molecule has 0 atom stereocenters. The molecule has 0 saturated carbocycles. The normalized spacial score (nSPS) is 14.6. The second kappa shape index (κ2) is 9.05. The maximum atomic E-state index is 2.56. The molecule has 1 heteroatoms. The van der Waals surface area contributed by atoms with E-state index < -0.39 is 21.3 Å². The van der Waals surface area contributed by atoms with Crippen LogP contribution in [-0.2, 0) is 21.3 Å². The Morgan fingerprint density at radius 1 is 0.618 bits per heavy atom. The topological polar surface area (TPSA) is 0 Å². The van der Waals surface area contributed by atoms with Crippen molar-refractivity contribution in [3.8, 4) is 11.1 Å². The van der Waals surface area contributed by atoms with Crippen LogP contribution in [0.5, 0.6) is 0 Å². The van der Waals surface area contributed by atoms with Gasteiger partial charge in [-0.1, -0.05) is 0 Å². The number of rotatable bonds is 4. The fraction of sp³-hybridized carbons (Fsp3) is 0.121. The molecule has 34 heavy (non-hydrogen) atoms. The van der Waals surface area contributed by atoms with E-state index >= 15 is 0 Å². The van der Waals surface area contributed by atoms with Crippen molar-refractivity contribution in [2.45, 2.75) is 23.9 Å². The van der Waals surface area contributed by atoms with Crippen molar-refractivity contribution in [3.63, 3.8) is 0 Å². The first-order valence-electron chi connectivity index (χ1n) is 12.1. The zero-order chi connectivity index (χ0) is 23.1. The van der Waals surface area contributed by atoms with Gasteiger partial charge in [0.05, 0.1) is 0 Å². The van der Waals surface area contributed by atoms with E-state index in [2.05, 4.69) is 129 Å². The first-order valence-corrected chi connectivity index (χ1v) is 16.0. The second-order valence-corrected chi connectivity index (χ2v) is 15.7. The zero-order valence-electron chi connectivity index (χ0n) is 19.8. The third-order valence-electron chi connectivity index (χ3n) is 7.38. The van der Waals surface area contributed by atoms with Crippen LogP contribution in [0.3, 0.4) is 0 Å². The summed E-state index contributed by atoms with van der Waals surface area (Å²) >= 11 is -2.54. The fourth-order valence-electron chi connectivity index (χ4n) is 5.68. The van der Waals surface area contributed by atoms with Crippen molar-refractivity contribution in [2.24, 2.45) is 0 Å². The predicted octanol–water partition coefficient (Wildman–Crippen LogP) is 8.27. The van der Waals surface area contributed by atoms with E-state index in [1.807, 2.05) is 0 Å². The van der Waals surface area contributed by atoms with Gasteiger partial charge in [0.2, 0.25) is 0 Å². The molecule has 2 aliphatic carbocycles. The van der Waals surface area contributed by atoms with Gasteiger partial charge in [-0.2, -0.15) is 0 Å². The van der Waals surface area contributed by atoms with Crippen molar-refractivity contribution >= 4 is 3.21 Å². The summed E-state index contributed by atoms with van der Waals surface area (Å²) in [6.45, 7) is 4.62. The van der Waals surface area contributed by atoms with E-state index in [9.17, 15) is 0 Å². The summed E-state index contributed by atoms with van der Waals surface area (Å²) in [6.07, 6.45) is 3.68. The fourth-order valence-corrected chi connectivity index (χ4v) is 15.2. The standard InChI is InChI=1S/C13H9.C13H10.C7H9.Zr/c1-3-7-12-10(5-1)9-11-6-2-4-8-13(11)12;1-3-7-12(8-4-1)11-13-9-5-2-6-10-13;1-6-4-3-5-7(6)2;/h1-9H;1-10H;4H,5H2,1-2H3;. The second-order valence-electron chi connectivity index (χ2n) is 9.44. The van der Waals surface area contributed by atoms with Crippen LogP contribution in [0, 0.1) is 0 Å². The predicted molar refractivity (Wildman–Crippen MR) is 141 cm³/mol. The molecule has 164 valence electrons. The summed E-state index contributed by atoms with van der Waals surface area (Å²) in [7, 11) is 0. The number of allylic oxidation sites excluding steroid dienone is 4. The van der Waals surface area contributed by atoms with E-state index in [0.717, 1.165) is 6.42 Å². The maximum absolute atomic E-state index is 2.56. The van der Waals surface area contributed by atoms with E-state index in [1.165, 1.54) is 44.5 Å². The third-order valence-corrected chi connectivity index (χ3v) is 15.6. The van der Waals surface area contributed by atoms with Gasteiger partial charge >= 0.3 is 211 Å². The van der Waals surface area contributed by atoms with Crippen molar-refractivity contribution in [2.75, 3.05) is 0 Å². The molecule has 4 aromatic carbocycles. The van der Waals surface area contributed by atoms with Gasteiger partial charge in [-0.15, -0.1) is 0 Å². The van der Waals surface area contributed by atoms with Crippen LogP contribution in [0.25, 0.3) is 11.1 Å². The molecule has 0 nitrogen and oxygen atoms in total. The Hall–Kier alpha value is -2.89. The zero-order valence-corrected chi connectivity index (χ0v) is 22.2. The summed E-state index contributed by atoms with van der Waals surface area (Å²) in [6, 6.07) is 40.7. The van der Waals surface area contributed by atoms with Crippen molar-refractivity contribution < 1.29 is 21.3 Å². The molecule has 0 fully saturated rings. The molecule has 0 heterocycles. The Balaban J connectivity index is 1.72. The molecule has 4 aromatic rings. The molecule has 0 saturated heterocycles. The van der Waals surface area contributed by atoms with Crippen molar-refractivity contribution in [3.05, 3.63) is 152 Å². The van der Waals surface area contributed by atoms with Gasteiger partial charge in [0.1, 0.15) is 0 Å². The Bertz CT molecular complexity index is 1380. The molecule has 0 unspecified atom stereocenters. The number of benzene rings is 4. The van der Waals surface area contributed by atoms with Crippen molar-refractivity contribution in [1.29, 1.82) is 0 Å². The molecule has 0 aromatic heterocycles. The minimum absolute atomic E-state index is 0.482. The number of hydrogen-bond donors (Lipinski definition) is 0. The molecule has 0 spiro atoms. The van der Waals surface area contributed by atoms with Crippen LogP contribution in [0.2, 0.25) is 0 Å². The third kappa shape index (κ3) is 3.68. The number of fused-ring (bicyclic) bond motifs is 3. The Kier molecular flexibility index (Phi) is 5.76. The van der Waals surface area contributed by atoms with Gasteiger partial charge in [-0.05, 0) is 0 Å². The monoisotopic (exact) mass is 514 g/mol. The van der Waals surface area contributed by atoms with Crippen LogP contribution < -0.4 is 0 Å². The number of hydrogen-bond acceptors (Lipinski definition) is 0. The van der Waals surface area contributed by atoms with Gasteiger partial charge < -0.3 is 0 Å². The van der Waals surface area contributed by atoms with Crippen LogP contribution >= 0.6 is 0 Å². The molecule has 0 N–H and O–H groups in total. The van der Waals surface area contributed by atoms with Gasteiger partial charge in [-0.3, -0.25) is 0 Å². The summed E-state index contributed by atoms with van der Waals surface area (Å²) in [5, 5.41) is 0. The van der Waals surface area contributed by atoms with Crippen LogP contribution in [-0.4, -0.2) is 3.21 Å². The van der Waals surface area contributed by atoms with E-state index in [0.29, 0.717) is 3.63 Å². The molecule has 0 amide bonds. The quantitative estimate of drug-likeness (QED) is 0.257. The van der Waals surface area contributed by atoms with Crippen molar-refractivity contribution in [1.82, 2.24) is 0 Å². The van der Waals surface area contributed by atoms with E-state index in [-0.39, 0.29) is 0 Å². The molecule has 0 bridgehead atoms. The molecule has 6 rings (SSSR count). The Morgan fingerprint density at radius 3 is 1.56 bits per heavy atom. The van der Waals surface area contributed by atoms with E-state index in [1.54, 1.807) is 6.49 Å². The Morgan fingerprint density at radius 2 is 1.09 bits per heavy atom. The summed E-state index contributed by atoms with van der Waals surface area (Å²) < 4.78 is 3.82. The molecular weight excluding hydrogens is 488 g/mol. The van der Waals surface area contributed by atoms with Gasteiger partial charge in [-0.25, -0.2) is 0 Å². The summed E-state index contributed by atoms with van der Waals surface area (Å²) in [4.78, 5) is 0. The van der Waals surface area contributed by atoms with Gasteiger partial charge in [0.15, 0.2) is 0 Å². The molecule has 2 aliphatic rings. The average molecular weight is 516 g/mol. The van der Waals surface area contributed by atoms with Gasteiger partial charge in [0.25, 0.3) is 0 Å². The summed E-state index contributed by atoms with van der Waals surface area (Å²) in [5.41, 5.74) is 11.7.